The maximum atomic E-state index is 5.66. The standard InChI is InChI=1S/C12H15BrN4O/c1-3-5-17-8-9(7-14-17)18-12-6-10(13)15-11(4-2)16-12/h6-8H,3-5H2,1-2H3. The van der Waals surface area contributed by atoms with Gasteiger partial charge in [0.1, 0.15) is 10.4 Å². The molecule has 0 spiro atoms. The van der Waals surface area contributed by atoms with Gasteiger partial charge in [0.15, 0.2) is 5.75 Å². The largest absolute Gasteiger partial charge is 0.436 e. The summed E-state index contributed by atoms with van der Waals surface area (Å²) in [5.74, 6) is 1.97. The molecule has 0 N–H and O–H groups in total. The second-order valence-electron chi connectivity index (χ2n) is 3.84. The molecular formula is C12H15BrN4O. The van der Waals surface area contributed by atoms with Crippen LogP contribution >= 0.6 is 15.9 Å². The summed E-state index contributed by atoms with van der Waals surface area (Å²) in [6.45, 7) is 5.00. The van der Waals surface area contributed by atoms with Crippen molar-refractivity contribution in [3.63, 3.8) is 0 Å². The molecule has 0 aliphatic carbocycles. The van der Waals surface area contributed by atoms with Gasteiger partial charge in [-0.05, 0) is 22.4 Å². The fraction of sp³-hybridized carbons (Fsp3) is 0.417. The van der Waals surface area contributed by atoms with Gasteiger partial charge in [-0.3, -0.25) is 4.68 Å². The lowest BCUT2D eigenvalue weighted by atomic mass is 10.4. The van der Waals surface area contributed by atoms with Crippen LogP contribution in [0.4, 0.5) is 0 Å². The normalized spacial score (nSPS) is 10.6. The highest BCUT2D eigenvalue weighted by Crippen LogP contribution is 2.21. The van der Waals surface area contributed by atoms with Gasteiger partial charge in [-0.25, -0.2) is 4.98 Å². The molecule has 2 aromatic rings. The van der Waals surface area contributed by atoms with Crippen LogP contribution in [0.25, 0.3) is 0 Å². The number of rotatable bonds is 5. The van der Waals surface area contributed by atoms with E-state index in [0.29, 0.717) is 11.6 Å². The monoisotopic (exact) mass is 310 g/mol. The van der Waals surface area contributed by atoms with Crippen molar-refractivity contribution in [2.24, 2.45) is 0 Å². The van der Waals surface area contributed by atoms with Crippen molar-refractivity contribution in [2.75, 3.05) is 0 Å². The number of nitrogens with zero attached hydrogens (tertiary/aromatic N) is 4. The van der Waals surface area contributed by atoms with E-state index in [1.807, 2.05) is 17.8 Å². The van der Waals surface area contributed by atoms with Crippen LogP contribution in [-0.2, 0) is 13.0 Å². The SMILES string of the molecule is CCCn1cc(Oc2cc(Br)nc(CC)n2)cn1. The van der Waals surface area contributed by atoms with E-state index in [1.165, 1.54) is 0 Å². The Balaban J connectivity index is 2.14. The fourth-order valence-corrected chi connectivity index (χ4v) is 1.92. The molecule has 18 heavy (non-hydrogen) atoms. The van der Waals surface area contributed by atoms with Crippen molar-refractivity contribution in [3.8, 4) is 11.6 Å². The quantitative estimate of drug-likeness (QED) is 0.796. The maximum Gasteiger partial charge on any atom is 0.223 e. The van der Waals surface area contributed by atoms with Crippen LogP contribution in [0.1, 0.15) is 26.1 Å². The van der Waals surface area contributed by atoms with Gasteiger partial charge in [-0.15, -0.1) is 0 Å². The zero-order valence-electron chi connectivity index (χ0n) is 10.4. The summed E-state index contributed by atoms with van der Waals surface area (Å²) >= 11 is 3.35. The van der Waals surface area contributed by atoms with Crippen LogP contribution in [0.3, 0.4) is 0 Å². The van der Waals surface area contributed by atoms with E-state index in [0.717, 1.165) is 29.8 Å². The maximum absolute atomic E-state index is 5.66. The molecule has 2 aromatic heterocycles. The van der Waals surface area contributed by atoms with Crippen LogP contribution in [-0.4, -0.2) is 19.7 Å². The number of hydrogen-bond acceptors (Lipinski definition) is 4. The first-order valence-corrected chi connectivity index (χ1v) is 6.74. The molecule has 0 saturated heterocycles. The van der Waals surface area contributed by atoms with Crippen molar-refractivity contribution >= 4 is 15.9 Å². The van der Waals surface area contributed by atoms with Gasteiger partial charge in [0, 0.05) is 19.0 Å². The molecule has 2 rings (SSSR count). The molecule has 6 heteroatoms. The summed E-state index contributed by atoms with van der Waals surface area (Å²) in [7, 11) is 0. The smallest absolute Gasteiger partial charge is 0.223 e. The minimum atomic E-state index is 0.532. The average Bonchev–Trinajstić information content (AvgIpc) is 2.76. The molecule has 96 valence electrons. The summed E-state index contributed by atoms with van der Waals surface area (Å²) in [6, 6.07) is 1.75. The summed E-state index contributed by atoms with van der Waals surface area (Å²) < 4.78 is 8.24. The number of aryl methyl sites for hydroxylation is 2. The van der Waals surface area contributed by atoms with Gasteiger partial charge in [0.05, 0.1) is 12.4 Å². The van der Waals surface area contributed by atoms with Gasteiger partial charge in [-0.2, -0.15) is 10.1 Å². The highest BCUT2D eigenvalue weighted by Gasteiger charge is 2.05. The number of ether oxygens (including phenoxy) is 1. The highest BCUT2D eigenvalue weighted by molar-refractivity contribution is 9.10. The molecule has 0 radical (unpaired) electrons. The molecule has 0 unspecified atom stereocenters. The minimum absolute atomic E-state index is 0.532. The molecule has 0 amide bonds. The van der Waals surface area contributed by atoms with Crippen LogP contribution < -0.4 is 4.74 Å². The second-order valence-corrected chi connectivity index (χ2v) is 4.65. The van der Waals surface area contributed by atoms with Gasteiger partial charge in [0.2, 0.25) is 5.88 Å². The third-order valence-corrected chi connectivity index (χ3v) is 2.72. The van der Waals surface area contributed by atoms with E-state index in [2.05, 4.69) is 37.9 Å². The Kier molecular flexibility index (Phi) is 4.30. The first-order chi connectivity index (χ1) is 8.71. The summed E-state index contributed by atoms with van der Waals surface area (Å²) in [5, 5.41) is 4.20. The summed E-state index contributed by atoms with van der Waals surface area (Å²) in [6.07, 6.45) is 5.37. The van der Waals surface area contributed by atoms with Crippen molar-refractivity contribution < 1.29 is 4.74 Å². The van der Waals surface area contributed by atoms with Crippen LogP contribution in [0, 0.1) is 0 Å². The first kappa shape index (κ1) is 13.0. The third-order valence-electron chi connectivity index (χ3n) is 2.32. The predicted octanol–water partition coefficient (Wildman–Crippen LogP) is 3.20. The lowest BCUT2D eigenvalue weighted by Crippen LogP contribution is -1.97. The van der Waals surface area contributed by atoms with Gasteiger partial charge >= 0.3 is 0 Å². The molecule has 5 nitrogen and oxygen atoms in total. The third kappa shape index (κ3) is 3.29. The van der Waals surface area contributed by atoms with E-state index < -0.39 is 0 Å². The van der Waals surface area contributed by atoms with Gasteiger partial charge in [0.25, 0.3) is 0 Å². The molecule has 0 saturated carbocycles. The van der Waals surface area contributed by atoms with Crippen molar-refractivity contribution in [1.82, 2.24) is 19.7 Å². The number of aromatic nitrogens is 4. The zero-order valence-corrected chi connectivity index (χ0v) is 12.0. The lowest BCUT2D eigenvalue weighted by Gasteiger charge is -2.04. The molecule has 0 aliphatic heterocycles. The molecule has 0 fully saturated rings. The Hall–Kier alpha value is -1.43. The van der Waals surface area contributed by atoms with E-state index in [9.17, 15) is 0 Å². The molecule has 0 aromatic carbocycles. The molecule has 0 bridgehead atoms. The fourth-order valence-electron chi connectivity index (χ4n) is 1.52. The second kappa shape index (κ2) is 5.95. The average molecular weight is 311 g/mol. The Labute approximate surface area is 114 Å². The van der Waals surface area contributed by atoms with Crippen LogP contribution in [0.2, 0.25) is 0 Å². The topological polar surface area (TPSA) is 52.8 Å². The van der Waals surface area contributed by atoms with E-state index in [4.69, 9.17) is 4.74 Å². The summed E-state index contributed by atoms with van der Waals surface area (Å²) in [5.41, 5.74) is 0. The van der Waals surface area contributed by atoms with E-state index in [1.54, 1.807) is 12.3 Å². The summed E-state index contributed by atoms with van der Waals surface area (Å²) in [4.78, 5) is 8.54. The molecule has 2 heterocycles. The Morgan fingerprint density at radius 3 is 2.89 bits per heavy atom. The van der Waals surface area contributed by atoms with Crippen molar-refractivity contribution in [3.05, 3.63) is 28.9 Å². The highest BCUT2D eigenvalue weighted by atomic mass is 79.9. The van der Waals surface area contributed by atoms with Gasteiger partial charge in [-0.1, -0.05) is 13.8 Å². The molecular weight excluding hydrogens is 296 g/mol. The number of hydrogen-bond donors (Lipinski definition) is 0. The molecule has 0 atom stereocenters. The lowest BCUT2D eigenvalue weighted by molar-refractivity contribution is 0.456. The van der Waals surface area contributed by atoms with E-state index >= 15 is 0 Å². The van der Waals surface area contributed by atoms with E-state index in [-0.39, 0.29) is 0 Å². The predicted molar refractivity (Wildman–Crippen MR) is 71.7 cm³/mol. The van der Waals surface area contributed by atoms with Crippen molar-refractivity contribution in [1.29, 1.82) is 0 Å². The first-order valence-electron chi connectivity index (χ1n) is 5.95. The van der Waals surface area contributed by atoms with Crippen molar-refractivity contribution in [2.45, 2.75) is 33.2 Å². The number of halogens is 1. The van der Waals surface area contributed by atoms with Crippen LogP contribution in [0.15, 0.2) is 23.1 Å². The zero-order chi connectivity index (χ0) is 13.0. The molecule has 0 aliphatic rings. The minimum Gasteiger partial charge on any atom is -0.436 e. The Bertz CT molecular complexity index is 527. The Morgan fingerprint density at radius 1 is 1.33 bits per heavy atom. The Morgan fingerprint density at radius 2 is 2.17 bits per heavy atom. The van der Waals surface area contributed by atoms with Gasteiger partial charge < -0.3 is 4.74 Å². The van der Waals surface area contributed by atoms with Crippen LogP contribution in [0.5, 0.6) is 11.6 Å².